The van der Waals surface area contributed by atoms with Crippen molar-refractivity contribution in [2.75, 3.05) is 6.61 Å². The summed E-state index contributed by atoms with van der Waals surface area (Å²) in [6.07, 6.45) is 0. The van der Waals surface area contributed by atoms with Crippen LogP contribution in [0.15, 0.2) is 69.0 Å². The zero-order valence-corrected chi connectivity index (χ0v) is 16.4. The number of aromatic nitrogens is 2. The molecular weight excluding hydrogens is 424 g/mol. The van der Waals surface area contributed by atoms with Crippen molar-refractivity contribution in [1.29, 1.82) is 0 Å². The lowest BCUT2D eigenvalue weighted by molar-refractivity contribution is 0.0519. The molecule has 0 saturated carbocycles. The summed E-state index contributed by atoms with van der Waals surface area (Å²) in [5, 5.41) is 5.73. The lowest BCUT2D eigenvalue weighted by Gasteiger charge is -2.08. The molecule has 0 N–H and O–H groups in total. The van der Waals surface area contributed by atoms with E-state index in [9.17, 15) is 4.79 Å². The molecule has 0 spiro atoms. The van der Waals surface area contributed by atoms with Crippen molar-refractivity contribution in [3.63, 3.8) is 0 Å². The van der Waals surface area contributed by atoms with Crippen LogP contribution in [-0.2, 0) is 4.74 Å². The second-order valence-corrected chi connectivity index (χ2v) is 7.43. The molecule has 0 unspecified atom stereocenters. The van der Waals surface area contributed by atoms with Crippen molar-refractivity contribution in [3.8, 4) is 5.69 Å². The van der Waals surface area contributed by atoms with E-state index in [0.717, 1.165) is 14.4 Å². The first-order chi connectivity index (χ1) is 12.1. The van der Waals surface area contributed by atoms with Gasteiger partial charge in [-0.3, -0.25) is 0 Å². The molecule has 1 heterocycles. The van der Waals surface area contributed by atoms with E-state index < -0.39 is 5.97 Å². The van der Waals surface area contributed by atoms with Crippen molar-refractivity contribution >= 4 is 45.3 Å². The molecular formula is C18H14BrClN2O2S. The number of ether oxygens (including phenoxy) is 1. The second kappa shape index (κ2) is 8.08. The highest BCUT2D eigenvalue weighted by Gasteiger charge is 2.18. The molecule has 0 radical (unpaired) electrons. The van der Waals surface area contributed by atoms with Gasteiger partial charge in [-0.05, 0) is 37.3 Å². The van der Waals surface area contributed by atoms with Crippen molar-refractivity contribution in [2.24, 2.45) is 0 Å². The molecule has 2 aromatic carbocycles. The Bertz CT molecular complexity index is 914. The number of benzene rings is 2. The van der Waals surface area contributed by atoms with Gasteiger partial charge in [-0.25, -0.2) is 9.48 Å². The van der Waals surface area contributed by atoms with Gasteiger partial charge in [0.15, 0.2) is 5.69 Å². The van der Waals surface area contributed by atoms with Crippen LogP contribution >= 0.6 is 39.3 Å². The molecule has 0 saturated heterocycles. The van der Waals surface area contributed by atoms with Crippen LogP contribution in [0.5, 0.6) is 0 Å². The summed E-state index contributed by atoms with van der Waals surface area (Å²) >= 11 is 11.3. The summed E-state index contributed by atoms with van der Waals surface area (Å²) < 4.78 is 7.71. The van der Waals surface area contributed by atoms with E-state index in [0.29, 0.717) is 17.3 Å². The Balaban J connectivity index is 2.05. The number of nitrogens with zero attached hydrogens (tertiary/aromatic N) is 2. The van der Waals surface area contributed by atoms with Gasteiger partial charge in [0, 0.05) is 15.4 Å². The highest BCUT2D eigenvalue weighted by molar-refractivity contribution is 9.10. The molecule has 4 nitrogen and oxygen atoms in total. The fraction of sp³-hybridized carbons (Fsp3) is 0.111. The first-order valence-corrected chi connectivity index (χ1v) is 9.52. The zero-order chi connectivity index (χ0) is 17.8. The van der Waals surface area contributed by atoms with E-state index in [1.807, 2.05) is 42.5 Å². The molecule has 0 aliphatic carbocycles. The van der Waals surface area contributed by atoms with Gasteiger partial charge in [-0.15, -0.1) is 0 Å². The third-order valence-corrected chi connectivity index (χ3v) is 5.06. The largest absolute Gasteiger partial charge is 0.461 e. The van der Waals surface area contributed by atoms with E-state index in [4.69, 9.17) is 16.3 Å². The Morgan fingerprint density at radius 1 is 1.24 bits per heavy atom. The Kier molecular flexibility index (Phi) is 5.83. The van der Waals surface area contributed by atoms with Crippen LogP contribution in [0.2, 0.25) is 5.02 Å². The summed E-state index contributed by atoms with van der Waals surface area (Å²) in [7, 11) is 0. The summed E-state index contributed by atoms with van der Waals surface area (Å²) in [5.41, 5.74) is 0.955. The van der Waals surface area contributed by atoms with Crippen LogP contribution in [0.1, 0.15) is 17.4 Å². The molecule has 7 heteroatoms. The van der Waals surface area contributed by atoms with Crippen LogP contribution in [0, 0.1) is 0 Å². The fourth-order valence-electron chi connectivity index (χ4n) is 2.19. The molecule has 0 bridgehead atoms. The third kappa shape index (κ3) is 4.26. The smallest absolute Gasteiger partial charge is 0.358 e. The maximum absolute atomic E-state index is 12.1. The monoisotopic (exact) mass is 436 g/mol. The van der Waals surface area contributed by atoms with Gasteiger partial charge < -0.3 is 4.74 Å². The second-order valence-electron chi connectivity index (χ2n) is 5.01. The van der Waals surface area contributed by atoms with Crippen LogP contribution in [-0.4, -0.2) is 22.4 Å². The van der Waals surface area contributed by atoms with E-state index in [-0.39, 0.29) is 5.69 Å². The number of halogens is 2. The number of esters is 1. The van der Waals surface area contributed by atoms with Gasteiger partial charge in [0.25, 0.3) is 0 Å². The average molecular weight is 438 g/mol. The lowest BCUT2D eigenvalue weighted by Crippen LogP contribution is -2.07. The average Bonchev–Trinajstić information content (AvgIpc) is 2.99. The Labute approximate surface area is 163 Å². The number of carbonyl (C=O) groups is 1. The number of para-hydroxylation sites is 1. The minimum atomic E-state index is -0.454. The lowest BCUT2D eigenvalue weighted by atomic mass is 10.3. The molecule has 1 aromatic heterocycles. The molecule has 0 aliphatic heterocycles. The zero-order valence-electron chi connectivity index (χ0n) is 13.3. The Morgan fingerprint density at radius 3 is 2.76 bits per heavy atom. The van der Waals surface area contributed by atoms with Gasteiger partial charge in [0.05, 0.1) is 17.3 Å². The molecule has 3 rings (SSSR count). The van der Waals surface area contributed by atoms with E-state index >= 15 is 0 Å². The van der Waals surface area contributed by atoms with Crippen molar-refractivity contribution in [1.82, 2.24) is 9.78 Å². The molecule has 0 fully saturated rings. The highest BCUT2D eigenvalue weighted by atomic mass is 79.9. The fourth-order valence-corrected chi connectivity index (χ4v) is 3.93. The van der Waals surface area contributed by atoms with Crippen LogP contribution < -0.4 is 0 Å². The Hall–Kier alpha value is -1.76. The molecule has 0 amide bonds. The minimum absolute atomic E-state index is 0.249. The number of rotatable bonds is 5. The van der Waals surface area contributed by atoms with E-state index in [1.165, 1.54) is 11.8 Å². The predicted molar refractivity (Wildman–Crippen MR) is 103 cm³/mol. The van der Waals surface area contributed by atoms with Crippen molar-refractivity contribution in [3.05, 3.63) is 69.8 Å². The van der Waals surface area contributed by atoms with Gasteiger partial charge in [-0.2, -0.15) is 5.10 Å². The maximum atomic E-state index is 12.1. The Morgan fingerprint density at radius 2 is 2.04 bits per heavy atom. The van der Waals surface area contributed by atoms with Gasteiger partial charge >= 0.3 is 5.97 Å². The standard InChI is InChI=1S/C18H14BrClN2O2S/c1-2-24-18(23)15-11-17(25-13-7-5-6-12(19)10-13)22(21-15)16-9-4-3-8-14(16)20/h3-11H,2H2,1H3. The van der Waals surface area contributed by atoms with E-state index in [1.54, 1.807) is 23.7 Å². The highest BCUT2D eigenvalue weighted by Crippen LogP contribution is 2.33. The van der Waals surface area contributed by atoms with Gasteiger partial charge in [0.2, 0.25) is 0 Å². The van der Waals surface area contributed by atoms with Crippen molar-refractivity contribution < 1.29 is 9.53 Å². The van der Waals surface area contributed by atoms with E-state index in [2.05, 4.69) is 21.0 Å². The quantitative estimate of drug-likeness (QED) is 0.486. The first-order valence-electron chi connectivity index (χ1n) is 7.54. The molecule has 0 atom stereocenters. The normalized spacial score (nSPS) is 10.7. The third-order valence-electron chi connectivity index (χ3n) is 3.26. The first kappa shape index (κ1) is 18.0. The SMILES string of the molecule is CCOC(=O)c1cc(Sc2cccc(Br)c2)n(-c2ccccc2Cl)n1. The molecule has 0 aliphatic rings. The molecule has 128 valence electrons. The summed E-state index contributed by atoms with van der Waals surface area (Å²) in [4.78, 5) is 13.1. The molecule has 25 heavy (non-hydrogen) atoms. The van der Waals surface area contributed by atoms with Crippen LogP contribution in [0.25, 0.3) is 5.69 Å². The van der Waals surface area contributed by atoms with Gasteiger partial charge in [-0.1, -0.05) is 57.5 Å². The topological polar surface area (TPSA) is 44.1 Å². The van der Waals surface area contributed by atoms with Crippen LogP contribution in [0.4, 0.5) is 0 Å². The van der Waals surface area contributed by atoms with Crippen LogP contribution in [0.3, 0.4) is 0 Å². The summed E-state index contributed by atoms with van der Waals surface area (Å²) in [6.45, 7) is 2.06. The van der Waals surface area contributed by atoms with Crippen molar-refractivity contribution in [2.45, 2.75) is 16.8 Å². The number of hydrogen-bond acceptors (Lipinski definition) is 4. The number of carbonyl (C=O) groups excluding carboxylic acids is 1. The maximum Gasteiger partial charge on any atom is 0.358 e. The van der Waals surface area contributed by atoms with Gasteiger partial charge in [0.1, 0.15) is 5.03 Å². The summed E-state index contributed by atoms with van der Waals surface area (Å²) in [5.74, 6) is -0.454. The number of hydrogen-bond donors (Lipinski definition) is 0. The molecule has 3 aromatic rings. The predicted octanol–water partition coefficient (Wildman–Crippen LogP) is 5.62. The summed E-state index contributed by atoms with van der Waals surface area (Å²) in [6, 6.07) is 17.0. The minimum Gasteiger partial charge on any atom is -0.461 e.